The maximum atomic E-state index is 11.6. The highest BCUT2D eigenvalue weighted by molar-refractivity contribution is 5.82. The Bertz CT molecular complexity index is 189. The Hall–Kier alpha value is -0.610. The first-order chi connectivity index (χ1) is 6.59. The molecule has 3 atom stereocenters. The summed E-state index contributed by atoms with van der Waals surface area (Å²) in [5.74, 6) is 0.0654. The number of hydrogen-bond acceptors (Lipinski definition) is 3. The summed E-state index contributed by atoms with van der Waals surface area (Å²) in [4.78, 5) is 11.6. The molecule has 82 valence electrons. The van der Waals surface area contributed by atoms with E-state index in [1.165, 1.54) is 0 Å². The average Bonchev–Trinajstić information content (AvgIpc) is 2.53. The van der Waals surface area contributed by atoms with Crippen LogP contribution >= 0.6 is 0 Å². The van der Waals surface area contributed by atoms with Crippen LogP contribution < -0.4 is 10.6 Å². The fraction of sp³-hybridized carbons (Fsp3) is 0.900. The van der Waals surface area contributed by atoms with Crippen molar-refractivity contribution in [2.24, 2.45) is 0 Å². The van der Waals surface area contributed by atoms with Crippen LogP contribution in [0.15, 0.2) is 0 Å². The molecule has 1 amide bonds. The number of carbonyl (C=O) groups is 1. The third-order valence-corrected chi connectivity index (χ3v) is 2.46. The smallest absolute Gasteiger partial charge is 0.237 e. The molecule has 1 saturated heterocycles. The molecule has 0 aromatic carbocycles. The summed E-state index contributed by atoms with van der Waals surface area (Å²) in [6, 6.07) is 0.0244. The van der Waals surface area contributed by atoms with E-state index in [-0.39, 0.29) is 24.1 Å². The first-order valence-corrected chi connectivity index (χ1v) is 5.31. The van der Waals surface area contributed by atoms with E-state index in [4.69, 9.17) is 5.11 Å². The fourth-order valence-corrected chi connectivity index (χ4v) is 1.82. The number of amides is 1. The zero-order valence-electron chi connectivity index (χ0n) is 8.92. The lowest BCUT2D eigenvalue weighted by atomic mass is 10.1. The second-order valence-electron chi connectivity index (χ2n) is 4.14. The van der Waals surface area contributed by atoms with Crippen LogP contribution in [-0.4, -0.2) is 35.7 Å². The molecule has 0 bridgehead atoms. The van der Waals surface area contributed by atoms with Crippen molar-refractivity contribution in [1.82, 2.24) is 10.6 Å². The summed E-state index contributed by atoms with van der Waals surface area (Å²) in [5.41, 5.74) is 0. The van der Waals surface area contributed by atoms with Gasteiger partial charge in [-0.25, -0.2) is 0 Å². The molecule has 0 aromatic rings. The van der Waals surface area contributed by atoms with Gasteiger partial charge in [0.05, 0.1) is 12.1 Å². The van der Waals surface area contributed by atoms with Gasteiger partial charge in [-0.2, -0.15) is 0 Å². The number of aliphatic hydroxyl groups excluding tert-OH is 1. The van der Waals surface area contributed by atoms with Gasteiger partial charge in [-0.1, -0.05) is 0 Å². The predicted molar refractivity (Wildman–Crippen MR) is 54.9 cm³/mol. The first-order valence-electron chi connectivity index (χ1n) is 5.31. The molecule has 14 heavy (non-hydrogen) atoms. The second kappa shape index (κ2) is 5.32. The first kappa shape index (κ1) is 11.5. The number of aliphatic hydroxyl groups is 1. The minimum absolute atomic E-state index is 0.0218. The molecule has 0 aliphatic carbocycles. The molecule has 1 heterocycles. The predicted octanol–water partition coefficient (Wildman–Crippen LogP) is 0.0140. The van der Waals surface area contributed by atoms with Gasteiger partial charge in [0, 0.05) is 6.04 Å². The molecule has 1 fully saturated rings. The minimum Gasteiger partial charge on any atom is -0.393 e. The van der Waals surface area contributed by atoms with Crippen LogP contribution in [0, 0.1) is 0 Å². The van der Waals surface area contributed by atoms with Crippen molar-refractivity contribution < 1.29 is 9.90 Å². The molecule has 4 nitrogen and oxygen atoms in total. The lowest BCUT2D eigenvalue weighted by molar-refractivity contribution is -0.123. The van der Waals surface area contributed by atoms with Crippen molar-refractivity contribution in [3.63, 3.8) is 0 Å². The number of hydrogen-bond donors (Lipinski definition) is 3. The molecule has 1 aliphatic heterocycles. The second-order valence-corrected chi connectivity index (χ2v) is 4.14. The van der Waals surface area contributed by atoms with Crippen LogP contribution in [0.25, 0.3) is 0 Å². The average molecular weight is 200 g/mol. The molecule has 4 heteroatoms. The molecule has 3 unspecified atom stereocenters. The van der Waals surface area contributed by atoms with E-state index in [0.717, 1.165) is 19.4 Å². The number of nitrogens with one attached hydrogen (secondary N) is 2. The Labute approximate surface area is 85.1 Å². The van der Waals surface area contributed by atoms with Crippen molar-refractivity contribution >= 4 is 5.91 Å². The van der Waals surface area contributed by atoms with E-state index in [9.17, 15) is 4.79 Å². The topological polar surface area (TPSA) is 61.4 Å². The van der Waals surface area contributed by atoms with Crippen LogP contribution in [0.4, 0.5) is 0 Å². The molecular weight excluding hydrogens is 180 g/mol. The van der Waals surface area contributed by atoms with Gasteiger partial charge in [-0.3, -0.25) is 4.79 Å². The van der Waals surface area contributed by atoms with Crippen molar-refractivity contribution in [2.75, 3.05) is 6.54 Å². The summed E-state index contributed by atoms with van der Waals surface area (Å²) >= 11 is 0. The van der Waals surface area contributed by atoms with Gasteiger partial charge in [0.1, 0.15) is 0 Å². The van der Waals surface area contributed by atoms with E-state index >= 15 is 0 Å². The van der Waals surface area contributed by atoms with E-state index in [2.05, 4.69) is 10.6 Å². The number of rotatable bonds is 4. The van der Waals surface area contributed by atoms with Crippen LogP contribution in [0.5, 0.6) is 0 Å². The van der Waals surface area contributed by atoms with Crippen LogP contribution in [0.2, 0.25) is 0 Å². The molecule has 1 aliphatic rings. The Morgan fingerprint density at radius 2 is 2.36 bits per heavy atom. The molecule has 1 rings (SSSR count). The van der Waals surface area contributed by atoms with E-state index in [1.54, 1.807) is 6.92 Å². The van der Waals surface area contributed by atoms with Crippen molar-refractivity contribution in [2.45, 2.75) is 51.3 Å². The SMILES string of the molecule is CC(O)CC(C)NC(=O)C1CCCN1. The summed E-state index contributed by atoms with van der Waals surface area (Å²) < 4.78 is 0. The highest BCUT2D eigenvalue weighted by atomic mass is 16.3. The normalized spacial score (nSPS) is 25.8. The highest BCUT2D eigenvalue weighted by Crippen LogP contribution is 2.05. The standard InChI is InChI=1S/C10H20N2O2/c1-7(6-8(2)13)12-10(14)9-4-3-5-11-9/h7-9,11,13H,3-6H2,1-2H3,(H,12,14). The minimum atomic E-state index is -0.359. The quantitative estimate of drug-likeness (QED) is 0.599. The van der Waals surface area contributed by atoms with Gasteiger partial charge in [0.25, 0.3) is 0 Å². The Morgan fingerprint density at radius 3 is 2.86 bits per heavy atom. The van der Waals surface area contributed by atoms with E-state index in [1.807, 2.05) is 6.92 Å². The third-order valence-electron chi connectivity index (χ3n) is 2.46. The van der Waals surface area contributed by atoms with Gasteiger partial charge in [-0.15, -0.1) is 0 Å². The third kappa shape index (κ3) is 3.64. The Kier molecular flexibility index (Phi) is 4.35. The van der Waals surface area contributed by atoms with Gasteiger partial charge in [-0.05, 0) is 39.7 Å². The summed E-state index contributed by atoms with van der Waals surface area (Å²) in [5, 5.41) is 15.2. The largest absolute Gasteiger partial charge is 0.393 e. The number of carbonyl (C=O) groups excluding carboxylic acids is 1. The Morgan fingerprint density at radius 1 is 1.64 bits per heavy atom. The Balaban J connectivity index is 2.25. The lowest BCUT2D eigenvalue weighted by Gasteiger charge is -2.18. The van der Waals surface area contributed by atoms with Crippen molar-refractivity contribution in [3.05, 3.63) is 0 Å². The van der Waals surface area contributed by atoms with Gasteiger partial charge < -0.3 is 15.7 Å². The zero-order chi connectivity index (χ0) is 10.6. The van der Waals surface area contributed by atoms with Crippen molar-refractivity contribution in [1.29, 1.82) is 0 Å². The van der Waals surface area contributed by atoms with Crippen molar-refractivity contribution in [3.8, 4) is 0 Å². The van der Waals surface area contributed by atoms with E-state index < -0.39 is 0 Å². The maximum Gasteiger partial charge on any atom is 0.237 e. The molecular formula is C10H20N2O2. The van der Waals surface area contributed by atoms with Crippen LogP contribution in [0.3, 0.4) is 0 Å². The lowest BCUT2D eigenvalue weighted by Crippen LogP contribution is -2.44. The van der Waals surface area contributed by atoms with E-state index in [0.29, 0.717) is 6.42 Å². The molecule has 0 radical (unpaired) electrons. The monoisotopic (exact) mass is 200 g/mol. The summed E-state index contributed by atoms with van der Waals surface area (Å²) in [7, 11) is 0. The molecule has 0 spiro atoms. The molecule has 0 aromatic heterocycles. The van der Waals surface area contributed by atoms with Crippen LogP contribution in [-0.2, 0) is 4.79 Å². The fourth-order valence-electron chi connectivity index (χ4n) is 1.82. The summed E-state index contributed by atoms with van der Waals surface area (Å²) in [6.45, 7) is 4.58. The summed E-state index contributed by atoms with van der Waals surface area (Å²) in [6.07, 6.45) is 2.25. The van der Waals surface area contributed by atoms with Gasteiger partial charge in [0.2, 0.25) is 5.91 Å². The molecule has 3 N–H and O–H groups in total. The molecule has 0 saturated carbocycles. The van der Waals surface area contributed by atoms with Gasteiger partial charge >= 0.3 is 0 Å². The van der Waals surface area contributed by atoms with Gasteiger partial charge in [0.15, 0.2) is 0 Å². The zero-order valence-corrected chi connectivity index (χ0v) is 8.92. The highest BCUT2D eigenvalue weighted by Gasteiger charge is 2.23. The van der Waals surface area contributed by atoms with Crippen LogP contribution in [0.1, 0.15) is 33.1 Å². The maximum absolute atomic E-state index is 11.6.